The summed E-state index contributed by atoms with van der Waals surface area (Å²) in [6.45, 7) is 13.4. The largest absolute Gasteiger partial charge is 0.304 e. The van der Waals surface area contributed by atoms with Gasteiger partial charge >= 0.3 is 0 Å². The number of piperidine rings is 1. The third-order valence-electron chi connectivity index (χ3n) is 3.75. The summed E-state index contributed by atoms with van der Waals surface area (Å²) in [5.41, 5.74) is 0.702. The first-order valence-corrected chi connectivity index (χ1v) is 7.11. The second-order valence-corrected chi connectivity index (χ2v) is 7.06. The zero-order valence-corrected chi connectivity index (χ0v) is 11.1. The van der Waals surface area contributed by atoms with Crippen molar-refractivity contribution in [2.45, 2.75) is 38.9 Å². The normalized spacial score (nSPS) is 27.2. The summed E-state index contributed by atoms with van der Waals surface area (Å²) < 4.78 is 2.56. The predicted molar refractivity (Wildman–Crippen MR) is 68.1 cm³/mol. The van der Waals surface area contributed by atoms with Crippen molar-refractivity contribution in [3.8, 4) is 0 Å². The Bertz CT molecular complexity index is 202. The van der Waals surface area contributed by atoms with Crippen LogP contribution >= 0.6 is 11.9 Å². The quantitative estimate of drug-likeness (QED) is 0.685. The third-order valence-corrected chi connectivity index (χ3v) is 4.73. The molecule has 2 aliphatic rings. The van der Waals surface area contributed by atoms with Gasteiger partial charge in [-0.05, 0) is 32.5 Å². The first kappa shape index (κ1) is 11.7. The van der Waals surface area contributed by atoms with Crippen LogP contribution in [0.15, 0.2) is 0 Å². The fraction of sp³-hybridized carbons (Fsp3) is 1.00. The topological polar surface area (TPSA) is 6.48 Å². The molecule has 88 valence electrons. The zero-order chi connectivity index (χ0) is 10.9. The lowest BCUT2D eigenvalue weighted by molar-refractivity contribution is 0.00768. The van der Waals surface area contributed by atoms with Crippen molar-refractivity contribution in [2.75, 3.05) is 32.7 Å². The van der Waals surface area contributed by atoms with E-state index in [0.717, 1.165) is 5.25 Å². The van der Waals surface area contributed by atoms with Crippen LogP contribution in [-0.2, 0) is 0 Å². The van der Waals surface area contributed by atoms with E-state index in [-0.39, 0.29) is 0 Å². The summed E-state index contributed by atoms with van der Waals surface area (Å²) in [6.07, 6.45) is 2.85. The average Bonchev–Trinajstić information content (AvgIpc) is 2.16. The van der Waals surface area contributed by atoms with Crippen molar-refractivity contribution in [2.24, 2.45) is 5.41 Å². The smallest absolute Gasteiger partial charge is 0.0160 e. The van der Waals surface area contributed by atoms with E-state index in [9.17, 15) is 0 Å². The maximum atomic E-state index is 2.59. The van der Waals surface area contributed by atoms with Crippen molar-refractivity contribution in [1.29, 1.82) is 0 Å². The van der Waals surface area contributed by atoms with Crippen LogP contribution in [0.1, 0.15) is 33.6 Å². The van der Waals surface area contributed by atoms with Crippen LogP contribution in [0, 0.1) is 5.41 Å². The summed E-state index contributed by atoms with van der Waals surface area (Å²) in [5, 5.41) is 0.748. The first-order chi connectivity index (χ1) is 7.13. The van der Waals surface area contributed by atoms with Crippen molar-refractivity contribution < 1.29 is 0 Å². The summed E-state index contributed by atoms with van der Waals surface area (Å²) in [6, 6.07) is 0. The molecule has 0 saturated carbocycles. The standard InChI is InChI=1S/C12H24N2S/c1-4-13-7-5-12(6-8-13)9-14(10-12)15-11(2)3/h11H,4-10H2,1-3H3. The monoisotopic (exact) mass is 228 g/mol. The molecule has 15 heavy (non-hydrogen) atoms. The molecule has 2 fully saturated rings. The SMILES string of the molecule is CCN1CCC2(CC1)CN(SC(C)C)C2. The molecule has 2 rings (SSSR count). The average molecular weight is 228 g/mol. The summed E-state index contributed by atoms with van der Waals surface area (Å²) in [5.74, 6) is 0. The van der Waals surface area contributed by atoms with E-state index in [1.807, 2.05) is 11.9 Å². The van der Waals surface area contributed by atoms with Gasteiger partial charge in [-0.1, -0.05) is 32.7 Å². The van der Waals surface area contributed by atoms with Crippen molar-refractivity contribution >= 4 is 11.9 Å². The van der Waals surface area contributed by atoms with Crippen molar-refractivity contribution in [1.82, 2.24) is 9.21 Å². The van der Waals surface area contributed by atoms with Gasteiger partial charge in [0, 0.05) is 23.8 Å². The lowest BCUT2D eigenvalue weighted by atomic mass is 9.73. The minimum Gasteiger partial charge on any atom is -0.304 e. The van der Waals surface area contributed by atoms with E-state index in [4.69, 9.17) is 0 Å². The Morgan fingerprint density at radius 2 is 1.80 bits per heavy atom. The Morgan fingerprint density at radius 1 is 1.20 bits per heavy atom. The second-order valence-electron chi connectivity index (χ2n) is 5.39. The van der Waals surface area contributed by atoms with Gasteiger partial charge in [0.2, 0.25) is 0 Å². The molecule has 2 nitrogen and oxygen atoms in total. The van der Waals surface area contributed by atoms with Crippen LogP contribution in [0.5, 0.6) is 0 Å². The Morgan fingerprint density at radius 3 is 2.27 bits per heavy atom. The highest BCUT2D eigenvalue weighted by Gasteiger charge is 2.44. The Kier molecular flexibility index (Phi) is 3.63. The van der Waals surface area contributed by atoms with E-state index in [2.05, 4.69) is 30.0 Å². The van der Waals surface area contributed by atoms with E-state index in [1.165, 1.54) is 45.6 Å². The van der Waals surface area contributed by atoms with Crippen molar-refractivity contribution in [3.63, 3.8) is 0 Å². The number of hydrogen-bond donors (Lipinski definition) is 0. The zero-order valence-electron chi connectivity index (χ0n) is 10.3. The molecule has 0 aromatic carbocycles. The lowest BCUT2D eigenvalue weighted by Gasteiger charge is -2.53. The molecule has 0 N–H and O–H groups in total. The molecule has 2 aliphatic heterocycles. The molecule has 0 aromatic rings. The molecule has 0 unspecified atom stereocenters. The van der Waals surface area contributed by atoms with Gasteiger partial charge in [0.25, 0.3) is 0 Å². The summed E-state index contributed by atoms with van der Waals surface area (Å²) in [7, 11) is 0. The molecular formula is C12H24N2S. The lowest BCUT2D eigenvalue weighted by Crippen LogP contribution is -2.58. The van der Waals surface area contributed by atoms with Crippen LogP contribution < -0.4 is 0 Å². The highest BCUT2D eigenvalue weighted by atomic mass is 32.2. The number of likely N-dealkylation sites (tertiary alicyclic amines) is 1. The molecule has 1 spiro atoms. The van der Waals surface area contributed by atoms with E-state index < -0.39 is 0 Å². The second kappa shape index (κ2) is 4.64. The molecule has 0 bridgehead atoms. The van der Waals surface area contributed by atoms with Crippen LogP contribution in [0.25, 0.3) is 0 Å². The third kappa shape index (κ3) is 2.69. The minimum absolute atomic E-state index is 0.702. The molecular weight excluding hydrogens is 204 g/mol. The molecule has 0 amide bonds. The maximum absolute atomic E-state index is 2.59. The van der Waals surface area contributed by atoms with Crippen LogP contribution in [-0.4, -0.2) is 47.2 Å². The molecule has 2 saturated heterocycles. The van der Waals surface area contributed by atoms with Crippen molar-refractivity contribution in [3.05, 3.63) is 0 Å². The van der Waals surface area contributed by atoms with Crippen LogP contribution in [0.3, 0.4) is 0 Å². The maximum Gasteiger partial charge on any atom is 0.0160 e. The van der Waals surface area contributed by atoms with Gasteiger partial charge in [0.05, 0.1) is 0 Å². The van der Waals surface area contributed by atoms with Gasteiger partial charge in [-0.2, -0.15) is 0 Å². The van der Waals surface area contributed by atoms with Crippen LogP contribution in [0.2, 0.25) is 0 Å². The Labute approximate surface area is 98.5 Å². The molecule has 0 radical (unpaired) electrons. The molecule has 0 aliphatic carbocycles. The molecule has 2 heterocycles. The van der Waals surface area contributed by atoms with E-state index in [1.54, 1.807) is 0 Å². The van der Waals surface area contributed by atoms with Gasteiger partial charge in [-0.3, -0.25) is 0 Å². The van der Waals surface area contributed by atoms with Gasteiger partial charge in [0.1, 0.15) is 0 Å². The molecule has 0 aromatic heterocycles. The summed E-state index contributed by atoms with van der Waals surface area (Å²) in [4.78, 5) is 2.59. The Balaban J connectivity index is 1.73. The number of nitrogens with zero attached hydrogens (tertiary/aromatic N) is 2. The number of hydrogen-bond acceptors (Lipinski definition) is 3. The number of rotatable bonds is 3. The van der Waals surface area contributed by atoms with E-state index in [0.29, 0.717) is 5.41 Å². The van der Waals surface area contributed by atoms with Gasteiger partial charge in [-0.25, -0.2) is 4.31 Å². The minimum atomic E-state index is 0.702. The molecule has 0 atom stereocenters. The fourth-order valence-electron chi connectivity index (χ4n) is 2.73. The fourth-order valence-corrected chi connectivity index (χ4v) is 4.03. The molecule has 3 heteroatoms. The van der Waals surface area contributed by atoms with Gasteiger partial charge < -0.3 is 4.90 Å². The van der Waals surface area contributed by atoms with Crippen LogP contribution in [0.4, 0.5) is 0 Å². The van der Waals surface area contributed by atoms with E-state index >= 15 is 0 Å². The highest BCUT2D eigenvalue weighted by Crippen LogP contribution is 2.43. The van der Waals surface area contributed by atoms with Gasteiger partial charge in [0.15, 0.2) is 0 Å². The first-order valence-electron chi connectivity index (χ1n) is 6.28. The van der Waals surface area contributed by atoms with Gasteiger partial charge in [-0.15, -0.1) is 0 Å². The summed E-state index contributed by atoms with van der Waals surface area (Å²) >= 11 is 2.04. The predicted octanol–water partition coefficient (Wildman–Crippen LogP) is 2.46. The Hall–Kier alpha value is 0.270. The highest BCUT2D eigenvalue weighted by molar-refractivity contribution is 7.97.